The molecule has 0 bridgehead atoms. The van der Waals surface area contributed by atoms with Gasteiger partial charge in [0.05, 0.1) is 12.5 Å². The number of benzene rings is 1. The number of rotatable bonds is 4. The van der Waals surface area contributed by atoms with Crippen LogP contribution in [-0.2, 0) is 6.42 Å². The molecule has 0 spiro atoms. The molecule has 3 heteroatoms. The molecule has 0 aliphatic carbocycles. The largest absolute Gasteiger partial charge is 0.497 e. The average molecular weight is 267 g/mol. The quantitative estimate of drug-likeness (QED) is 0.732. The first-order chi connectivity index (χ1) is 8.24. The topological polar surface area (TPSA) is 9.23 Å². The highest BCUT2D eigenvalue weighted by Gasteiger charge is 2.13. The number of aryl methyl sites for hydroxylation is 1. The molecule has 0 aliphatic heterocycles. The van der Waals surface area contributed by atoms with Crippen molar-refractivity contribution < 1.29 is 4.74 Å². The summed E-state index contributed by atoms with van der Waals surface area (Å²) in [5.74, 6) is 0.848. The van der Waals surface area contributed by atoms with Gasteiger partial charge in [-0.1, -0.05) is 19.1 Å². The van der Waals surface area contributed by atoms with Crippen molar-refractivity contribution in [3.63, 3.8) is 0 Å². The van der Waals surface area contributed by atoms with Gasteiger partial charge in [-0.05, 0) is 36.2 Å². The number of thiophene rings is 1. The molecule has 1 aromatic heterocycles. The maximum atomic E-state index is 6.49. The van der Waals surface area contributed by atoms with E-state index in [0.29, 0.717) is 0 Å². The first-order valence-electron chi connectivity index (χ1n) is 5.61. The average Bonchev–Trinajstić information content (AvgIpc) is 2.86. The van der Waals surface area contributed by atoms with Gasteiger partial charge in [0.15, 0.2) is 0 Å². The van der Waals surface area contributed by atoms with E-state index >= 15 is 0 Å². The maximum absolute atomic E-state index is 6.49. The van der Waals surface area contributed by atoms with Crippen LogP contribution in [0.15, 0.2) is 36.4 Å². The number of alkyl halides is 1. The Hall–Kier alpha value is -0.990. The zero-order chi connectivity index (χ0) is 12.3. The molecular formula is C14H15ClOS. The van der Waals surface area contributed by atoms with Crippen LogP contribution in [0, 0.1) is 0 Å². The lowest BCUT2D eigenvalue weighted by Gasteiger charge is -2.09. The summed E-state index contributed by atoms with van der Waals surface area (Å²) in [5, 5.41) is -0.0876. The molecule has 0 N–H and O–H groups in total. The zero-order valence-corrected chi connectivity index (χ0v) is 11.5. The summed E-state index contributed by atoms with van der Waals surface area (Å²) in [7, 11) is 1.67. The number of ether oxygens (including phenoxy) is 1. The second-order valence-corrected chi connectivity index (χ2v) is 5.43. The van der Waals surface area contributed by atoms with Crippen LogP contribution in [0.5, 0.6) is 5.75 Å². The van der Waals surface area contributed by atoms with E-state index in [-0.39, 0.29) is 5.38 Å². The Balaban J connectivity index is 2.26. The molecular weight excluding hydrogens is 252 g/mol. The summed E-state index contributed by atoms with van der Waals surface area (Å²) in [6.45, 7) is 2.16. The smallest absolute Gasteiger partial charge is 0.119 e. The first kappa shape index (κ1) is 12.5. The second-order valence-electron chi connectivity index (χ2n) is 3.80. The third-order valence-corrected chi connectivity index (χ3v) is 4.58. The van der Waals surface area contributed by atoms with Gasteiger partial charge in [-0.2, -0.15) is 0 Å². The summed E-state index contributed by atoms with van der Waals surface area (Å²) in [6.07, 6.45) is 1.06. The Morgan fingerprint density at radius 1 is 1.29 bits per heavy atom. The molecule has 0 saturated heterocycles. The van der Waals surface area contributed by atoms with E-state index in [1.807, 2.05) is 24.3 Å². The second kappa shape index (κ2) is 5.56. The third-order valence-electron chi connectivity index (χ3n) is 2.67. The SMILES string of the molecule is CCc1ccc(C(Cl)c2cccc(OC)c2)s1. The Morgan fingerprint density at radius 2 is 2.12 bits per heavy atom. The van der Waals surface area contributed by atoms with Gasteiger partial charge >= 0.3 is 0 Å². The van der Waals surface area contributed by atoms with E-state index < -0.39 is 0 Å². The van der Waals surface area contributed by atoms with E-state index in [1.54, 1.807) is 18.4 Å². The van der Waals surface area contributed by atoms with Gasteiger partial charge in [-0.3, -0.25) is 0 Å². The van der Waals surface area contributed by atoms with Gasteiger partial charge in [0.2, 0.25) is 0 Å². The van der Waals surface area contributed by atoms with Crippen molar-refractivity contribution in [2.45, 2.75) is 18.7 Å². The van der Waals surface area contributed by atoms with Crippen LogP contribution in [0.3, 0.4) is 0 Å². The van der Waals surface area contributed by atoms with Crippen molar-refractivity contribution in [2.75, 3.05) is 7.11 Å². The van der Waals surface area contributed by atoms with Crippen LogP contribution in [0.4, 0.5) is 0 Å². The first-order valence-corrected chi connectivity index (χ1v) is 6.86. The van der Waals surface area contributed by atoms with Gasteiger partial charge in [-0.15, -0.1) is 22.9 Å². The standard InChI is InChI=1S/C14H15ClOS/c1-3-12-7-8-13(17-12)14(15)10-5-4-6-11(9-10)16-2/h4-9,14H,3H2,1-2H3. The van der Waals surface area contributed by atoms with Crippen molar-refractivity contribution in [3.8, 4) is 5.75 Å². The van der Waals surface area contributed by atoms with E-state index in [2.05, 4.69) is 19.1 Å². The molecule has 1 nitrogen and oxygen atoms in total. The van der Waals surface area contributed by atoms with E-state index in [0.717, 1.165) is 17.7 Å². The Morgan fingerprint density at radius 3 is 2.76 bits per heavy atom. The molecule has 2 rings (SSSR count). The molecule has 1 heterocycles. The summed E-state index contributed by atoms with van der Waals surface area (Å²) in [6, 6.07) is 12.2. The highest BCUT2D eigenvalue weighted by molar-refractivity contribution is 7.12. The minimum atomic E-state index is -0.0876. The fourth-order valence-electron chi connectivity index (χ4n) is 1.68. The number of halogens is 1. The number of hydrogen-bond acceptors (Lipinski definition) is 2. The van der Waals surface area contributed by atoms with Gasteiger partial charge in [-0.25, -0.2) is 0 Å². The Bertz CT molecular complexity index is 492. The molecule has 0 radical (unpaired) electrons. The predicted octanol–water partition coefficient (Wildman–Crippen LogP) is 4.65. The lowest BCUT2D eigenvalue weighted by atomic mass is 10.1. The molecule has 0 saturated carbocycles. The normalized spacial score (nSPS) is 12.4. The molecule has 1 aromatic carbocycles. The summed E-state index contributed by atoms with van der Waals surface area (Å²) in [5.41, 5.74) is 1.08. The summed E-state index contributed by atoms with van der Waals surface area (Å²) >= 11 is 8.26. The van der Waals surface area contributed by atoms with Crippen LogP contribution < -0.4 is 4.74 Å². The van der Waals surface area contributed by atoms with Gasteiger partial charge in [0.25, 0.3) is 0 Å². The highest BCUT2D eigenvalue weighted by atomic mass is 35.5. The Labute approximate surface area is 111 Å². The molecule has 17 heavy (non-hydrogen) atoms. The fraction of sp³-hybridized carbons (Fsp3) is 0.286. The number of methoxy groups -OCH3 is 1. The van der Waals surface area contributed by atoms with Crippen LogP contribution in [0.2, 0.25) is 0 Å². The van der Waals surface area contributed by atoms with E-state index in [4.69, 9.17) is 16.3 Å². The maximum Gasteiger partial charge on any atom is 0.119 e. The highest BCUT2D eigenvalue weighted by Crippen LogP contribution is 2.35. The van der Waals surface area contributed by atoms with Gasteiger partial charge < -0.3 is 4.74 Å². The molecule has 0 fully saturated rings. The van der Waals surface area contributed by atoms with Gasteiger partial charge in [0, 0.05) is 9.75 Å². The van der Waals surface area contributed by atoms with Crippen molar-refractivity contribution in [1.82, 2.24) is 0 Å². The van der Waals surface area contributed by atoms with Crippen molar-refractivity contribution in [2.24, 2.45) is 0 Å². The van der Waals surface area contributed by atoms with Crippen LogP contribution >= 0.6 is 22.9 Å². The minimum absolute atomic E-state index is 0.0876. The monoisotopic (exact) mass is 266 g/mol. The molecule has 1 atom stereocenters. The van der Waals surface area contributed by atoms with Crippen molar-refractivity contribution in [1.29, 1.82) is 0 Å². The Kier molecular flexibility index (Phi) is 4.08. The molecule has 90 valence electrons. The molecule has 0 aliphatic rings. The molecule has 1 unspecified atom stereocenters. The minimum Gasteiger partial charge on any atom is -0.497 e. The lowest BCUT2D eigenvalue weighted by Crippen LogP contribution is -1.91. The van der Waals surface area contributed by atoms with Gasteiger partial charge in [0.1, 0.15) is 5.75 Å². The lowest BCUT2D eigenvalue weighted by molar-refractivity contribution is 0.414. The zero-order valence-electron chi connectivity index (χ0n) is 9.94. The molecule has 0 amide bonds. The predicted molar refractivity (Wildman–Crippen MR) is 74.4 cm³/mol. The fourth-order valence-corrected chi connectivity index (χ4v) is 2.99. The van der Waals surface area contributed by atoms with Crippen LogP contribution in [0.1, 0.15) is 27.6 Å². The summed E-state index contributed by atoms with van der Waals surface area (Å²) < 4.78 is 5.21. The van der Waals surface area contributed by atoms with Crippen LogP contribution in [0.25, 0.3) is 0 Å². The van der Waals surface area contributed by atoms with E-state index in [1.165, 1.54) is 9.75 Å². The third kappa shape index (κ3) is 2.82. The van der Waals surface area contributed by atoms with E-state index in [9.17, 15) is 0 Å². The van der Waals surface area contributed by atoms with Crippen molar-refractivity contribution >= 4 is 22.9 Å². The van der Waals surface area contributed by atoms with Crippen LogP contribution in [-0.4, -0.2) is 7.11 Å². The van der Waals surface area contributed by atoms with Crippen molar-refractivity contribution in [3.05, 3.63) is 51.7 Å². The molecule has 2 aromatic rings. The number of hydrogen-bond donors (Lipinski definition) is 0. The summed E-state index contributed by atoms with van der Waals surface area (Å²) in [4.78, 5) is 2.56.